The third-order valence-corrected chi connectivity index (χ3v) is 5.89. The van der Waals surface area contributed by atoms with Gasteiger partial charge in [0.25, 0.3) is 0 Å². The fraction of sp³-hybridized carbons (Fsp3) is 0.500. The Morgan fingerprint density at radius 3 is 2.50 bits per heavy atom. The highest BCUT2D eigenvalue weighted by Gasteiger charge is 2.53. The summed E-state index contributed by atoms with van der Waals surface area (Å²) in [4.78, 5) is 12.8. The summed E-state index contributed by atoms with van der Waals surface area (Å²) in [5.41, 5.74) is 4.84. The average molecular weight is 296 g/mol. The summed E-state index contributed by atoms with van der Waals surface area (Å²) < 4.78 is 11.1. The summed E-state index contributed by atoms with van der Waals surface area (Å²) in [6.07, 6.45) is 0.273. The molecule has 0 unspecified atom stereocenters. The van der Waals surface area contributed by atoms with Gasteiger partial charge in [-0.05, 0) is 45.0 Å². The van der Waals surface area contributed by atoms with Gasteiger partial charge in [0.15, 0.2) is 11.9 Å². The molecular weight excluding hydrogens is 276 g/mol. The van der Waals surface area contributed by atoms with Crippen LogP contribution in [0.3, 0.4) is 0 Å². The predicted octanol–water partition coefficient (Wildman–Crippen LogP) is 3.22. The molecule has 2 aromatic rings. The Hall–Kier alpha value is -1.81. The number of hydrogen-bond acceptors (Lipinski definition) is 2. The van der Waals surface area contributed by atoms with Crippen LogP contribution in [0.4, 0.5) is 0 Å². The second kappa shape index (κ2) is 3.93. The fourth-order valence-corrected chi connectivity index (χ4v) is 4.99. The summed E-state index contributed by atoms with van der Waals surface area (Å²) >= 11 is 0. The first kappa shape index (κ1) is 12.7. The number of rotatable bonds is 0. The molecular formula is C18H20N2O2. The molecule has 6 heterocycles. The van der Waals surface area contributed by atoms with E-state index in [0.29, 0.717) is 6.42 Å². The van der Waals surface area contributed by atoms with Crippen LogP contribution in [0.1, 0.15) is 60.2 Å². The second-order valence-corrected chi connectivity index (χ2v) is 7.03. The van der Waals surface area contributed by atoms with Gasteiger partial charge in [-0.3, -0.25) is 4.79 Å². The molecule has 4 aliphatic heterocycles. The molecule has 0 spiro atoms. The molecule has 22 heavy (non-hydrogen) atoms. The van der Waals surface area contributed by atoms with Crippen molar-refractivity contribution in [3.8, 4) is 0 Å². The van der Waals surface area contributed by atoms with Crippen LogP contribution in [0.2, 0.25) is 0 Å². The SMILES string of the molecule is Cc1ccc2n1[C@@H]1[C@@H]3O[C@H]2C(=O)C[C@H]1c1ccc(C)n1[C@@H]3C. The van der Waals surface area contributed by atoms with Gasteiger partial charge < -0.3 is 13.9 Å². The van der Waals surface area contributed by atoms with Gasteiger partial charge in [0.2, 0.25) is 0 Å². The standard InChI is InChI=1S/C18H20N2O2/c1-9-4-6-13-12-8-15(21)18-14-7-5-10(2)20(14)16(12)17(22-18)11(3)19(9)13/h4-7,11-12,16-18H,8H2,1-3H3/t11-,12+,16+,17-,18-/m1/s1. The second-order valence-electron chi connectivity index (χ2n) is 7.03. The molecule has 5 atom stereocenters. The van der Waals surface area contributed by atoms with E-state index < -0.39 is 0 Å². The van der Waals surface area contributed by atoms with Crippen LogP contribution in [-0.4, -0.2) is 21.0 Å². The number of aryl methyl sites for hydroxylation is 2. The lowest BCUT2D eigenvalue weighted by Crippen LogP contribution is -2.45. The van der Waals surface area contributed by atoms with Crippen LogP contribution in [0.5, 0.6) is 0 Å². The first-order chi connectivity index (χ1) is 10.6. The maximum atomic E-state index is 12.8. The van der Waals surface area contributed by atoms with Crippen molar-refractivity contribution in [1.29, 1.82) is 0 Å². The maximum Gasteiger partial charge on any atom is 0.168 e. The monoisotopic (exact) mass is 296 g/mol. The maximum absolute atomic E-state index is 12.8. The van der Waals surface area contributed by atoms with Gasteiger partial charge in [0, 0.05) is 29.4 Å². The van der Waals surface area contributed by atoms with Crippen molar-refractivity contribution in [1.82, 2.24) is 9.13 Å². The third-order valence-electron chi connectivity index (χ3n) is 5.89. The van der Waals surface area contributed by atoms with Gasteiger partial charge in [-0.1, -0.05) is 0 Å². The molecule has 4 heteroatoms. The molecule has 4 nitrogen and oxygen atoms in total. The molecule has 1 saturated heterocycles. The summed E-state index contributed by atoms with van der Waals surface area (Å²) in [6, 6.07) is 9.06. The number of carbonyl (C=O) groups excluding carboxylic acids is 1. The number of carbonyl (C=O) groups is 1. The van der Waals surface area contributed by atoms with Crippen molar-refractivity contribution in [2.24, 2.45) is 0 Å². The van der Waals surface area contributed by atoms with E-state index in [1.54, 1.807) is 0 Å². The van der Waals surface area contributed by atoms with Crippen LogP contribution in [0.25, 0.3) is 0 Å². The van der Waals surface area contributed by atoms with Crippen molar-refractivity contribution in [3.05, 3.63) is 47.0 Å². The first-order valence-electron chi connectivity index (χ1n) is 8.11. The van der Waals surface area contributed by atoms with Crippen LogP contribution in [-0.2, 0) is 9.53 Å². The lowest BCUT2D eigenvalue weighted by atomic mass is 9.82. The molecule has 0 saturated carbocycles. The van der Waals surface area contributed by atoms with Crippen molar-refractivity contribution < 1.29 is 9.53 Å². The number of fused-ring (bicyclic) bond motifs is 2. The number of hydrogen-bond donors (Lipinski definition) is 0. The predicted molar refractivity (Wildman–Crippen MR) is 82.1 cm³/mol. The molecule has 6 rings (SSSR count). The van der Waals surface area contributed by atoms with E-state index in [-0.39, 0.29) is 36.0 Å². The van der Waals surface area contributed by atoms with Crippen molar-refractivity contribution >= 4 is 5.78 Å². The Balaban J connectivity index is 1.82. The van der Waals surface area contributed by atoms with Crippen LogP contribution >= 0.6 is 0 Å². The molecule has 1 fully saturated rings. The minimum absolute atomic E-state index is 0.0682. The van der Waals surface area contributed by atoms with E-state index in [0.717, 1.165) is 5.69 Å². The van der Waals surface area contributed by atoms with Gasteiger partial charge in [-0.2, -0.15) is 0 Å². The Bertz CT molecular complexity index is 800. The van der Waals surface area contributed by atoms with Gasteiger partial charge in [-0.25, -0.2) is 0 Å². The highest BCUT2D eigenvalue weighted by atomic mass is 16.5. The van der Waals surface area contributed by atoms with Crippen LogP contribution in [0, 0.1) is 13.8 Å². The van der Waals surface area contributed by atoms with E-state index in [1.165, 1.54) is 17.1 Å². The highest BCUT2D eigenvalue weighted by Crippen LogP contribution is 2.54. The molecule has 2 aromatic heterocycles. The van der Waals surface area contributed by atoms with Crippen LogP contribution in [0.15, 0.2) is 24.3 Å². The lowest BCUT2D eigenvalue weighted by Gasteiger charge is -2.46. The van der Waals surface area contributed by atoms with Gasteiger partial charge in [0.1, 0.15) is 6.10 Å². The van der Waals surface area contributed by atoms with Gasteiger partial charge >= 0.3 is 0 Å². The van der Waals surface area contributed by atoms with E-state index in [4.69, 9.17) is 4.74 Å². The molecule has 0 aliphatic carbocycles. The van der Waals surface area contributed by atoms with E-state index in [2.05, 4.69) is 54.2 Å². The van der Waals surface area contributed by atoms with Crippen molar-refractivity contribution in [2.45, 2.75) is 57.4 Å². The topological polar surface area (TPSA) is 36.2 Å². The Labute approximate surface area is 129 Å². The zero-order chi connectivity index (χ0) is 15.2. The summed E-state index contributed by atoms with van der Waals surface area (Å²) in [6.45, 7) is 6.50. The van der Waals surface area contributed by atoms with Crippen molar-refractivity contribution in [2.75, 3.05) is 0 Å². The van der Waals surface area contributed by atoms with E-state index in [9.17, 15) is 4.79 Å². The Kier molecular flexibility index (Phi) is 2.27. The zero-order valence-electron chi connectivity index (χ0n) is 13.1. The largest absolute Gasteiger partial charge is 0.357 e. The van der Waals surface area contributed by atoms with Gasteiger partial charge in [-0.15, -0.1) is 0 Å². The first-order valence-corrected chi connectivity index (χ1v) is 8.11. The smallest absolute Gasteiger partial charge is 0.168 e. The Morgan fingerprint density at radius 2 is 1.73 bits per heavy atom. The number of ether oxygens (including phenoxy) is 1. The Morgan fingerprint density at radius 1 is 1.05 bits per heavy atom. The summed E-state index contributed by atoms with van der Waals surface area (Å²) in [7, 11) is 0. The molecule has 0 radical (unpaired) electrons. The van der Waals surface area contributed by atoms with Crippen LogP contribution < -0.4 is 0 Å². The third kappa shape index (κ3) is 1.30. The number of Topliss-reactive ketones (excluding diaryl/α,β-unsaturated/α-hetero) is 1. The van der Waals surface area contributed by atoms with Gasteiger partial charge in [0.05, 0.1) is 17.8 Å². The molecule has 114 valence electrons. The van der Waals surface area contributed by atoms with E-state index >= 15 is 0 Å². The normalized spacial score (nSPS) is 35.2. The molecule has 4 bridgehead atoms. The fourth-order valence-electron chi connectivity index (χ4n) is 4.99. The summed E-state index contributed by atoms with van der Waals surface area (Å²) in [5.74, 6) is 0.452. The molecule has 0 N–H and O–H groups in total. The number of aromatic nitrogens is 2. The quantitative estimate of drug-likeness (QED) is 0.748. The number of nitrogens with zero attached hydrogens (tertiary/aromatic N) is 2. The lowest BCUT2D eigenvalue weighted by molar-refractivity contribution is -0.140. The average Bonchev–Trinajstić information content (AvgIpc) is 3.00. The molecule has 0 amide bonds. The zero-order valence-corrected chi connectivity index (χ0v) is 13.1. The minimum Gasteiger partial charge on any atom is -0.357 e. The van der Waals surface area contributed by atoms with Crippen molar-refractivity contribution in [3.63, 3.8) is 0 Å². The van der Waals surface area contributed by atoms with E-state index in [1.807, 2.05) is 0 Å². The molecule has 4 aliphatic rings. The number of ketones is 1. The summed E-state index contributed by atoms with van der Waals surface area (Å²) in [5, 5.41) is 0. The molecule has 0 aromatic carbocycles. The minimum atomic E-state index is -0.382. The highest BCUT2D eigenvalue weighted by molar-refractivity contribution is 5.86.